The Bertz CT molecular complexity index is 1520. The number of carbonyl (C=O) groups is 1. The Labute approximate surface area is 204 Å². The average molecular weight is 493 g/mol. The second-order valence-electron chi connectivity index (χ2n) is 7.94. The van der Waals surface area contributed by atoms with Crippen LogP contribution in [0, 0.1) is 10.1 Å². The summed E-state index contributed by atoms with van der Waals surface area (Å²) in [6.07, 6.45) is 1.46. The zero-order valence-electron chi connectivity index (χ0n) is 19.4. The standard InChI is InChI=1S/C24H23N5O7/c1-35-11-10-26-16-25-22-21(26)23(31)28(24(32)27(22)13-17-6-3-2-4-7-17)14-20(30)36-15-18-8-5-9-19(12-18)29(33)34/h2-9,12,16H,10-11,13-15H2,1H3. The molecule has 4 aromatic rings. The van der Waals surface area contributed by atoms with Crippen LogP contribution in [0.2, 0.25) is 0 Å². The number of methoxy groups -OCH3 is 1. The number of nitro benzene ring substituents is 1. The number of non-ortho nitro benzene ring substituents is 1. The molecule has 0 saturated carbocycles. The fraction of sp³-hybridized carbons (Fsp3) is 0.250. The van der Waals surface area contributed by atoms with Crippen molar-refractivity contribution in [1.29, 1.82) is 0 Å². The topological polar surface area (TPSA) is 140 Å². The van der Waals surface area contributed by atoms with E-state index in [1.54, 1.807) is 10.6 Å². The van der Waals surface area contributed by atoms with E-state index in [9.17, 15) is 24.5 Å². The molecule has 2 heterocycles. The highest BCUT2D eigenvalue weighted by Crippen LogP contribution is 2.14. The van der Waals surface area contributed by atoms with Crippen LogP contribution in [0.1, 0.15) is 11.1 Å². The van der Waals surface area contributed by atoms with Gasteiger partial charge in [-0.2, -0.15) is 0 Å². The Hall–Kier alpha value is -4.58. The summed E-state index contributed by atoms with van der Waals surface area (Å²) < 4.78 is 14.0. The highest BCUT2D eigenvalue weighted by atomic mass is 16.6. The number of nitrogens with zero attached hydrogens (tertiary/aromatic N) is 5. The molecule has 0 aliphatic carbocycles. The van der Waals surface area contributed by atoms with Gasteiger partial charge in [-0.05, 0) is 11.1 Å². The number of esters is 1. The van der Waals surface area contributed by atoms with Gasteiger partial charge >= 0.3 is 11.7 Å². The maximum atomic E-state index is 13.3. The van der Waals surface area contributed by atoms with Gasteiger partial charge < -0.3 is 14.0 Å². The van der Waals surface area contributed by atoms with Crippen molar-refractivity contribution in [3.05, 3.63) is 103 Å². The summed E-state index contributed by atoms with van der Waals surface area (Å²) >= 11 is 0. The first kappa shape index (κ1) is 24.5. The smallest absolute Gasteiger partial charge is 0.333 e. The Kier molecular flexibility index (Phi) is 7.35. The van der Waals surface area contributed by atoms with Crippen LogP contribution in [0.15, 0.2) is 70.5 Å². The molecular formula is C24H23N5O7. The summed E-state index contributed by atoms with van der Waals surface area (Å²) in [7, 11) is 1.53. The monoisotopic (exact) mass is 493 g/mol. The summed E-state index contributed by atoms with van der Waals surface area (Å²) in [5.74, 6) is -0.839. The number of benzene rings is 2. The Morgan fingerprint density at radius 1 is 1.06 bits per heavy atom. The van der Waals surface area contributed by atoms with Crippen molar-refractivity contribution in [3.63, 3.8) is 0 Å². The van der Waals surface area contributed by atoms with Crippen molar-refractivity contribution in [2.45, 2.75) is 26.2 Å². The van der Waals surface area contributed by atoms with Gasteiger partial charge in [-0.1, -0.05) is 42.5 Å². The van der Waals surface area contributed by atoms with E-state index >= 15 is 0 Å². The quantitative estimate of drug-likeness (QED) is 0.185. The molecule has 0 spiro atoms. The van der Waals surface area contributed by atoms with E-state index in [4.69, 9.17) is 9.47 Å². The molecular weight excluding hydrogens is 470 g/mol. The largest absolute Gasteiger partial charge is 0.459 e. The van der Waals surface area contributed by atoms with Crippen LogP contribution in [0.5, 0.6) is 0 Å². The van der Waals surface area contributed by atoms with Gasteiger partial charge in [-0.3, -0.25) is 24.3 Å². The van der Waals surface area contributed by atoms with Gasteiger partial charge in [0.15, 0.2) is 11.2 Å². The van der Waals surface area contributed by atoms with Crippen molar-refractivity contribution in [1.82, 2.24) is 18.7 Å². The van der Waals surface area contributed by atoms with Crippen LogP contribution in [-0.4, -0.2) is 43.3 Å². The highest BCUT2D eigenvalue weighted by molar-refractivity contribution is 5.72. The lowest BCUT2D eigenvalue weighted by Gasteiger charge is -2.13. The molecule has 12 heteroatoms. The van der Waals surface area contributed by atoms with Crippen LogP contribution in [0.3, 0.4) is 0 Å². The van der Waals surface area contributed by atoms with Crippen LogP contribution in [0.4, 0.5) is 5.69 Å². The summed E-state index contributed by atoms with van der Waals surface area (Å²) in [5, 5.41) is 11.0. The minimum absolute atomic E-state index is 0.139. The van der Waals surface area contributed by atoms with Gasteiger partial charge in [0, 0.05) is 25.8 Å². The lowest BCUT2D eigenvalue weighted by molar-refractivity contribution is -0.384. The maximum absolute atomic E-state index is 13.3. The molecule has 36 heavy (non-hydrogen) atoms. The lowest BCUT2D eigenvalue weighted by Crippen LogP contribution is -2.42. The van der Waals surface area contributed by atoms with Crippen molar-refractivity contribution in [2.24, 2.45) is 0 Å². The van der Waals surface area contributed by atoms with Gasteiger partial charge in [-0.15, -0.1) is 0 Å². The molecule has 0 atom stereocenters. The van der Waals surface area contributed by atoms with Gasteiger partial charge in [0.2, 0.25) is 0 Å². The predicted molar refractivity (Wildman–Crippen MR) is 129 cm³/mol. The van der Waals surface area contributed by atoms with Gasteiger partial charge in [0.05, 0.1) is 24.4 Å². The summed E-state index contributed by atoms with van der Waals surface area (Å²) in [6.45, 7) is -0.105. The first-order chi connectivity index (χ1) is 17.4. The van der Waals surface area contributed by atoms with E-state index < -0.39 is 28.7 Å². The Balaban J connectivity index is 1.67. The number of fused-ring (bicyclic) bond motifs is 1. The Morgan fingerprint density at radius 2 is 1.81 bits per heavy atom. The lowest BCUT2D eigenvalue weighted by atomic mass is 10.2. The van der Waals surface area contributed by atoms with Crippen LogP contribution in [0.25, 0.3) is 11.2 Å². The molecule has 186 valence electrons. The number of aromatic nitrogens is 4. The number of hydrogen-bond donors (Lipinski definition) is 0. The van der Waals surface area contributed by atoms with Crippen molar-refractivity contribution in [3.8, 4) is 0 Å². The third-order valence-electron chi connectivity index (χ3n) is 5.51. The molecule has 0 fully saturated rings. The SMILES string of the molecule is COCCn1cnc2c1c(=O)n(CC(=O)OCc1cccc([N+](=O)[O-])c1)c(=O)n2Cc1ccccc1. The number of ether oxygens (including phenoxy) is 2. The summed E-state index contributed by atoms with van der Waals surface area (Å²) in [5.41, 5.74) is 0.0460. The van der Waals surface area contributed by atoms with E-state index in [0.29, 0.717) is 18.7 Å². The van der Waals surface area contributed by atoms with E-state index in [1.807, 2.05) is 30.3 Å². The molecule has 2 aromatic heterocycles. The maximum Gasteiger partial charge on any atom is 0.333 e. The van der Waals surface area contributed by atoms with Crippen LogP contribution < -0.4 is 11.2 Å². The van der Waals surface area contributed by atoms with Crippen LogP contribution in [-0.2, 0) is 40.5 Å². The second-order valence-corrected chi connectivity index (χ2v) is 7.94. The first-order valence-electron chi connectivity index (χ1n) is 11.0. The number of carbonyl (C=O) groups excluding carboxylic acids is 1. The van der Waals surface area contributed by atoms with Gasteiger partial charge in [-0.25, -0.2) is 14.3 Å². The minimum Gasteiger partial charge on any atom is -0.459 e. The first-order valence-corrected chi connectivity index (χ1v) is 11.0. The summed E-state index contributed by atoms with van der Waals surface area (Å²) in [4.78, 5) is 53.9. The molecule has 0 aliphatic heterocycles. The normalized spacial score (nSPS) is 11.0. The third-order valence-corrected chi connectivity index (χ3v) is 5.51. The summed E-state index contributed by atoms with van der Waals surface area (Å²) in [6, 6.07) is 14.8. The number of nitro groups is 1. The number of rotatable bonds is 10. The van der Waals surface area contributed by atoms with Crippen molar-refractivity contribution in [2.75, 3.05) is 13.7 Å². The van der Waals surface area contributed by atoms with E-state index in [-0.39, 0.29) is 30.0 Å². The number of hydrogen-bond acceptors (Lipinski definition) is 8. The average Bonchev–Trinajstić information content (AvgIpc) is 3.31. The molecule has 0 unspecified atom stereocenters. The van der Waals surface area contributed by atoms with Crippen molar-refractivity contribution < 1.29 is 19.2 Å². The fourth-order valence-electron chi connectivity index (χ4n) is 3.74. The molecule has 12 nitrogen and oxygen atoms in total. The minimum atomic E-state index is -0.839. The highest BCUT2D eigenvalue weighted by Gasteiger charge is 2.20. The van der Waals surface area contributed by atoms with E-state index in [0.717, 1.165) is 10.1 Å². The van der Waals surface area contributed by atoms with Crippen molar-refractivity contribution >= 4 is 22.8 Å². The molecule has 0 N–H and O–H groups in total. The molecule has 0 saturated heterocycles. The molecule has 0 bridgehead atoms. The zero-order valence-corrected chi connectivity index (χ0v) is 19.4. The molecule has 0 amide bonds. The Morgan fingerprint density at radius 3 is 2.53 bits per heavy atom. The van der Waals surface area contributed by atoms with E-state index in [1.165, 1.54) is 36.2 Å². The number of imidazole rings is 1. The van der Waals surface area contributed by atoms with Gasteiger partial charge in [0.1, 0.15) is 13.2 Å². The molecule has 4 rings (SSSR count). The molecule has 2 aromatic carbocycles. The molecule has 0 aliphatic rings. The fourth-order valence-corrected chi connectivity index (χ4v) is 3.74. The zero-order chi connectivity index (χ0) is 25.7. The predicted octanol–water partition coefficient (Wildman–Crippen LogP) is 1.71. The second kappa shape index (κ2) is 10.8. The van der Waals surface area contributed by atoms with Gasteiger partial charge in [0.25, 0.3) is 11.2 Å². The van der Waals surface area contributed by atoms with Crippen LogP contribution >= 0.6 is 0 Å². The van der Waals surface area contributed by atoms with E-state index in [2.05, 4.69) is 4.98 Å². The third kappa shape index (κ3) is 5.23. The molecule has 0 radical (unpaired) electrons.